The Morgan fingerprint density at radius 2 is 1.87 bits per heavy atom. The molecule has 3 aromatic rings. The number of aryl methyl sites for hydroxylation is 2. The molecule has 3 rings (SSSR count). The van der Waals surface area contributed by atoms with Gasteiger partial charge >= 0.3 is 0 Å². The SMILES string of the molecule is CCCc1nc2ccc(O)cc2c(-c2ccc(C)cc2)c1C#N. The largest absolute Gasteiger partial charge is 0.508 e. The van der Waals surface area contributed by atoms with E-state index in [-0.39, 0.29) is 5.75 Å². The molecule has 1 N–H and O–H groups in total. The smallest absolute Gasteiger partial charge is 0.116 e. The van der Waals surface area contributed by atoms with Gasteiger partial charge in [0, 0.05) is 10.9 Å². The summed E-state index contributed by atoms with van der Waals surface area (Å²) < 4.78 is 0. The van der Waals surface area contributed by atoms with Crippen LogP contribution in [0.15, 0.2) is 42.5 Å². The fourth-order valence-electron chi connectivity index (χ4n) is 2.86. The van der Waals surface area contributed by atoms with Crippen molar-refractivity contribution in [2.24, 2.45) is 0 Å². The molecule has 0 amide bonds. The van der Waals surface area contributed by atoms with Gasteiger partial charge in [-0.2, -0.15) is 5.26 Å². The molecule has 3 nitrogen and oxygen atoms in total. The molecule has 1 aromatic heterocycles. The van der Waals surface area contributed by atoms with Crippen molar-refractivity contribution in [3.05, 3.63) is 59.3 Å². The molecule has 0 unspecified atom stereocenters. The van der Waals surface area contributed by atoms with Crippen LogP contribution in [0.4, 0.5) is 0 Å². The Hall–Kier alpha value is -2.86. The number of rotatable bonds is 3. The Bertz CT molecular complexity index is 906. The van der Waals surface area contributed by atoms with Crippen molar-refractivity contribution < 1.29 is 5.11 Å². The van der Waals surface area contributed by atoms with Gasteiger partial charge in [-0.15, -0.1) is 0 Å². The van der Waals surface area contributed by atoms with Crippen molar-refractivity contribution in [2.75, 3.05) is 0 Å². The Labute approximate surface area is 135 Å². The molecule has 0 saturated carbocycles. The molecular formula is C20H18N2O. The normalized spacial score (nSPS) is 10.7. The fraction of sp³-hybridized carbons (Fsp3) is 0.200. The number of nitriles is 1. The standard InChI is InChI=1S/C20H18N2O/c1-3-4-18-17(12-21)20(14-7-5-13(2)6-8-14)16-11-15(23)9-10-19(16)22-18/h5-11,23H,3-4H2,1-2H3. The number of phenolic OH excluding ortho intramolecular Hbond substituents is 1. The maximum Gasteiger partial charge on any atom is 0.116 e. The van der Waals surface area contributed by atoms with Crippen LogP contribution in [0.2, 0.25) is 0 Å². The van der Waals surface area contributed by atoms with E-state index in [1.165, 1.54) is 5.56 Å². The number of nitrogens with zero attached hydrogens (tertiary/aromatic N) is 2. The molecule has 0 saturated heterocycles. The van der Waals surface area contributed by atoms with Crippen molar-refractivity contribution in [1.82, 2.24) is 4.98 Å². The average molecular weight is 302 g/mol. The minimum Gasteiger partial charge on any atom is -0.508 e. The van der Waals surface area contributed by atoms with Crippen LogP contribution in [0.3, 0.4) is 0 Å². The first kappa shape index (κ1) is 15.1. The van der Waals surface area contributed by atoms with Crippen LogP contribution in [0.1, 0.15) is 30.2 Å². The molecule has 23 heavy (non-hydrogen) atoms. The highest BCUT2D eigenvalue weighted by Crippen LogP contribution is 2.35. The quantitative estimate of drug-likeness (QED) is 0.760. The first-order chi connectivity index (χ1) is 11.1. The molecule has 0 atom stereocenters. The van der Waals surface area contributed by atoms with Crippen LogP contribution < -0.4 is 0 Å². The second kappa shape index (κ2) is 6.10. The summed E-state index contributed by atoms with van der Waals surface area (Å²) in [4.78, 5) is 4.65. The zero-order valence-corrected chi connectivity index (χ0v) is 13.3. The second-order valence-electron chi connectivity index (χ2n) is 5.74. The van der Waals surface area contributed by atoms with Crippen LogP contribution in [-0.4, -0.2) is 10.1 Å². The molecule has 0 aliphatic heterocycles. The van der Waals surface area contributed by atoms with Gasteiger partial charge in [-0.25, -0.2) is 0 Å². The van der Waals surface area contributed by atoms with Gasteiger partial charge in [0.25, 0.3) is 0 Å². The van der Waals surface area contributed by atoms with E-state index in [9.17, 15) is 10.4 Å². The molecule has 0 spiro atoms. The summed E-state index contributed by atoms with van der Waals surface area (Å²) >= 11 is 0. The Kier molecular flexibility index (Phi) is 3.99. The average Bonchev–Trinajstić information content (AvgIpc) is 2.55. The zero-order chi connectivity index (χ0) is 16.4. The Balaban J connectivity index is 2.41. The van der Waals surface area contributed by atoms with Crippen LogP contribution in [0.25, 0.3) is 22.0 Å². The lowest BCUT2D eigenvalue weighted by atomic mass is 9.93. The molecule has 0 radical (unpaired) electrons. The van der Waals surface area contributed by atoms with E-state index in [4.69, 9.17) is 0 Å². The molecule has 0 aliphatic rings. The first-order valence-electron chi connectivity index (χ1n) is 7.76. The summed E-state index contributed by atoms with van der Waals surface area (Å²) in [5.74, 6) is 0.180. The van der Waals surface area contributed by atoms with E-state index in [0.29, 0.717) is 5.56 Å². The first-order valence-corrected chi connectivity index (χ1v) is 7.76. The minimum absolute atomic E-state index is 0.180. The lowest BCUT2D eigenvalue weighted by molar-refractivity contribution is 0.476. The van der Waals surface area contributed by atoms with E-state index in [1.807, 2.05) is 37.3 Å². The van der Waals surface area contributed by atoms with Crippen molar-refractivity contribution >= 4 is 10.9 Å². The lowest BCUT2D eigenvalue weighted by Crippen LogP contribution is -1.99. The summed E-state index contributed by atoms with van der Waals surface area (Å²) in [5, 5.41) is 20.4. The molecule has 2 aromatic carbocycles. The van der Waals surface area contributed by atoms with Crippen molar-refractivity contribution in [3.63, 3.8) is 0 Å². The molecule has 0 fully saturated rings. The Morgan fingerprint density at radius 3 is 2.52 bits per heavy atom. The molecular weight excluding hydrogens is 284 g/mol. The minimum atomic E-state index is 0.180. The highest BCUT2D eigenvalue weighted by molar-refractivity contribution is 5.98. The number of fused-ring (bicyclic) bond motifs is 1. The summed E-state index contributed by atoms with van der Waals surface area (Å²) in [6.45, 7) is 4.11. The summed E-state index contributed by atoms with van der Waals surface area (Å²) in [6.07, 6.45) is 1.69. The molecule has 3 heteroatoms. The third-order valence-corrected chi connectivity index (χ3v) is 3.98. The number of aromatic nitrogens is 1. The third-order valence-electron chi connectivity index (χ3n) is 3.98. The van der Waals surface area contributed by atoms with Gasteiger partial charge in [0.15, 0.2) is 0 Å². The van der Waals surface area contributed by atoms with E-state index >= 15 is 0 Å². The number of hydrogen-bond acceptors (Lipinski definition) is 3. The van der Waals surface area contributed by atoms with Gasteiger partial charge in [0.05, 0.1) is 16.8 Å². The molecule has 1 heterocycles. The molecule has 0 bridgehead atoms. The van der Waals surface area contributed by atoms with Gasteiger partial charge in [0.2, 0.25) is 0 Å². The summed E-state index contributed by atoms with van der Waals surface area (Å²) in [5.41, 5.74) is 5.24. The van der Waals surface area contributed by atoms with Crippen LogP contribution in [-0.2, 0) is 6.42 Å². The molecule has 114 valence electrons. The van der Waals surface area contributed by atoms with Crippen molar-refractivity contribution in [3.8, 4) is 22.9 Å². The highest BCUT2D eigenvalue weighted by Gasteiger charge is 2.16. The number of hydrogen-bond donors (Lipinski definition) is 1. The molecule has 0 aliphatic carbocycles. The maximum absolute atomic E-state index is 9.87. The zero-order valence-electron chi connectivity index (χ0n) is 13.3. The Morgan fingerprint density at radius 1 is 1.13 bits per heavy atom. The summed E-state index contributed by atoms with van der Waals surface area (Å²) in [7, 11) is 0. The van der Waals surface area contributed by atoms with Crippen molar-refractivity contribution in [1.29, 1.82) is 5.26 Å². The van der Waals surface area contributed by atoms with E-state index in [1.54, 1.807) is 12.1 Å². The highest BCUT2D eigenvalue weighted by atomic mass is 16.3. The fourth-order valence-corrected chi connectivity index (χ4v) is 2.86. The number of phenols is 1. The van der Waals surface area contributed by atoms with Crippen LogP contribution in [0, 0.1) is 18.3 Å². The predicted octanol–water partition coefficient (Wildman–Crippen LogP) is 4.74. The number of benzene rings is 2. The van der Waals surface area contributed by atoms with Gasteiger partial charge in [0.1, 0.15) is 11.8 Å². The van der Waals surface area contributed by atoms with E-state index in [0.717, 1.165) is 40.6 Å². The topological polar surface area (TPSA) is 56.9 Å². The lowest BCUT2D eigenvalue weighted by Gasteiger charge is -2.13. The number of pyridine rings is 1. The number of aromatic hydroxyl groups is 1. The second-order valence-corrected chi connectivity index (χ2v) is 5.74. The van der Waals surface area contributed by atoms with E-state index < -0.39 is 0 Å². The van der Waals surface area contributed by atoms with E-state index in [2.05, 4.69) is 18.0 Å². The van der Waals surface area contributed by atoms with Crippen molar-refractivity contribution in [2.45, 2.75) is 26.7 Å². The van der Waals surface area contributed by atoms with Crippen LogP contribution >= 0.6 is 0 Å². The monoisotopic (exact) mass is 302 g/mol. The van der Waals surface area contributed by atoms with Gasteiger partial charge in [-0.05, 0) is 37.1 Å². The maximum atomic E-state index is 9.87. The van der Waals surface area contributed by atoms with Gasteiger partial charge in [-0.3, -0.25) is 4.98 Å². The van der Waals surface area contributed by atoms with Gasteiger partial charge < -0.3 is 5.11 Å². The van der Waals surface area contributed by atoms with Gasteiger partial charge in [-0.1, -0.05) is 43.2 Å². The predicted molar refractivity (Wildman–Crippen MR) is 92.3 cm³/mol. The van der Waals surface area contributed by atoms with Crippen LogP contribution in [0.5, 0.6) is 5.75 Å². The summed E-state index contributed by atoms with van der Waals surface area (Å²) in [6, 6.07) is 15.6. The third kappa shape index (κ3) is 2.76.